The number of tetrazole rings is 1. The van der Waals surface area contributed by atoms with Crippen molar-refractivity contribution in [3.63, 3.8) is 0 Å². The molecule has 0 amide bonds. The molecule has 5 aromatic rings. The Morgan fingerprint density at radius 1 is 1.05 bits per heavy atom. The first-order valence-corrected chi connectivity index (χ1v) is 13.6. The number of hydrogen-bond acceptors (Lipinski definition) is 9. The molecule has 40 heavy (non-hydrogen) atoms. The van der Waals surface area contributed by atoms with Gasteiger partial charge in [0.2, 0.25) is 0 Å². The summed E-state index contributed by atoms with van der Waals surface area (Å²) in [5, 5.41) is 13.9. The van der Waals surface area contributed by atoms with Crippen molar-refractivity contribution < 1.29 is 13.9 Å². The van der Waals surface area contributed by atoms with Crippen molar-refractivity contribution in [1.82, 2.24) is 35.1 Å². The number of aromatic nitrogens is 6. The molecule has 5 heterocycles. The van der Waals surface area contributed by atoms with Gasteiger partial charge in [0.1, 0.15) is 25.0 Å². The van der Waals surface area contributed by atoms with Gasteiger partial charge in [0.05, 0.1) is 24.4 Å². The Morgan fingerprint density at radius 2 is 1.90 bits per heavy atom. The largest absolute Gasteiger partial charge is 0.486 e. The van der Waals surface area contributed by atoms with Gasteiger partial charge < -0.3 is 18.9 Å². The van der Waals surface area contributed by atoms with E-state index in [0.717, 1.165) is 42.4 Å². The predicted molar refractivity (Wildman–Crippen MR) is 145 cm³/mol. The summed E-state index contributed by atoms with van der Waals surface area (Å²) in [6.45, 7) is 1.89. The molecular formula is C29H29N7O4. The van der Waals surface area contributed by atoms with Crippen LogP contribution in [0.3, 0.4) is 0 Å². The molecule has 1 aliphatic carbocycles. The fourth-order valence-corrected chi connectivity index (χ4v) is 5.82. The number of hydrogen-bond donors (Lipinski definition) is 1. The topological polar surface area (TPSA) is 124 Å². The summed E-state index contributed by atoms with van der Waals surface area (Å²) < 4.78 is 19.3. The van der Waals surface area contributed by atoms with Gasteiger partial charge >= 0.3 is 0 Å². The SMILES string of the molecule is O=c1[nH]c2cc3c(cc2cc1[C@H](c1nnnn1C1CCCC1)N(Cc1cccnc1)Cc1ccco1)OCCO3. The molecule has 2 aliphatic rings. The number of H-pyrrole nitrogens is 1. The van der Waals surface area contributed by atoms with Crippen LogP contribution in [0.4, 0.5) is 0 Å². The molecule has 1 fully saturated rings. The normalized spacial score (nSPS) is 16.1. The smallest absolute Gasteiger partial charge is 0.253 e. The molecule has 7 rings (SSSR count). The van der Waals surface area contributed by atoms with Crippen LogP contribution in [-0.2, 0) is 13.1 Å². The number of pyridine rings is 2. The van der Waals surface area contributed by atoms with Gasteiger partial charge in [-0.2, -0.15) is 0 Å². The van der Waals surface area contributed by atoms with Crippen molar-refractivity contribution in [3.8, 4) is 11.5 Å². The highest BCUT2D eigenvalue weighted by Crippen LogP contribution is 2.37. The number of rotatable bonds is 8. The Hall–Kier alpha value is -4.51. The molecule has 1 aliphatic heterocycles. The minimum atomic E-state index is -0.567. The van der Waals surface area contributed by atoms with Crippen LogP contribution in [0.15, 0.2) is 70.3 Å². The Balaban J connectivity index is 1.40. The van der Waals surface area contributed by atoms with Crippen molar-refractivity contribution in [2.24, 2.45) is 0 Å². The summed E-state index contributed by atoms with van der Waals surface area (Å²) in [6.07, 6.45) is 9.50. The maximum Gasteiger partial charge on any atom is 0.253 e. The Labute approximate surface area is 229 Å². The van der Waals surface area contributed by atoms with Crippen molar-refractivity contribution in [2.45, 2.75) is 50.9 Å². The van der Waals surface area contributed by atoms with Crippen LogP contribution in [0.1, 0.15) is 60.5 Å². The number of furan rings is 1. The quantitative estimate of drug-likeness (QED) is 0.309. The van der Waals surface area contributed by atoms with Crippen LogP contribution in [0.2, 0.25) is 0 Å². The van der Waals surface area contributed by atoms with Crippen molar-refractivity contribution in [2.75, 3.05) is 13.2 Å². The van der Waals surface area contributed by atoms with E-state index in [1.807, 2.05) is 53.3 Å². The average Bonchev–Trinajstić information content (AvgIpc) is 3.76. The third-order valence-corrected chi connectivity index (χ3v) is 7.68. The van der Waals surface area contributed by atoms with E-state index < -0.39 is 6.04 Å². The zero-order chi connectivity index (χ0) is 26.9. The van der Waals surface area contributed by atoms with Gasteiger partial charge in [0, 0.05) is 36.0 Å². The van der Waals surface area contributed by atoms with Gasteiger partial charge in [-0.25, -0.2) is 4.68 Å². The maximum atomic E-state index is 13.9. The molecule has 1 aromatic carbocycles. The van der Waals surface area contributed by atoms with Gasteiger partial charge in [-0.15, -0.1) is 5.10 Å². The molecule has 0 bridgehead atoms. The minimum Gasteiger partial charge on any atom is -0.486 e. The Morgan fingerprint density at radius 3 is 2.67 bits per heavy atom. The van der Waals surface area contributed by atoms with Crippen molar-refractivity contribution >= 4 is 10.9 Å². The van der Waals surface area contributed by atoms with E-state index in [2.05, 4.69) is 30.4 Å². The lowest BCUT2D eigenvalue weighted by Gasteiger charge is -2.31. The predicted octanol–water partition coefficient (Wildman–Crippen LogP) is 4.18. The lowest BCUT2D eigenvalue weighted by atomic mass is 10.0. The van der Waals surface area contributed by atoms with Gasteiger partial charge in [-0.3, -0.25) is 14.7 Å². The van der Waals surface area contributed by atoms with Crippen LogP contribution in [0, 0.1) is 0 Å². The number of nitrogens with one attached hydrogen (secondary N) is 1. The zero-order valence-electron chi connectivity index (χ0n) is 21.9. The second-order valence-corrected chi connectivity index (χ2v) is 10.3. The minimum absolute atomic E-state index is 0.188. The van der Waals surface area contributed by atoms with E-state index in [9.17, 15) is 4.79 Å². The molecule has 11 heteroatoms. The molecular weight excluding hydrogens is 510 g/mol. The number of benzene rings is 1. The van der Waals surface area contributed by atoms with Crippen molar-refractivity contribution in [3.05, 3.63) is 94.2 Å². The number of nitrogens with zero attached hydrogens (tertiary/aromatic N) is 6. The molecule has 1 atom stereocenters. The second kappa shape index (κ2) is 10.6. The van der Waals surface area contributed by atoms with Crippen molar-refractivity contribution in [1.29, 1.82) is 0 Å². The highest BCUT2D eigenvalue weighted by atomic mass is 16.6. The maximum absolute atomic E-state index is 13.9. The summed E-state index contributed by atoms with van der Waals surface area (Å²) in [5.41, 5.74) is 1.99. The molecule has 1 saturated carbocycles. The Bertz CT molecular complexity index is 1660. The highest BCUT2D eigenvalue weighted by Gasteiger charge is 2.34. The lowest BCUT2D eigenvalue weighted by Crippen LogP contribution is -2.35. The molecule has 0 radical (unpaired) electrons. The number of ether oxygens (including phenoxy) is 2. The van der Waals surface area contributed by atoms with Gasteiger partial charge in [-0.1, -0.05) is 18.9 Å². The second-order valence-electron chi connectivity index (χ2n) is 10.3. The first-order chi connectivity index (χ1) is 19.7. The molecule has 204 valence electrons. The summed E-state index contributed by atoms with van der Waals surface area (Å²) in [7, 11) is 0. The Kier molecular flexibility index (Phi) is 6.48. The standard InChI is InChI=1S/C29H29N7O4/c37-29-23(13-20-14-25-26(15-24(20)31-29)40-12-11-39-25)27(28-32-33-34-36(28)21-6-1-2-7-21)35(18-22-8-4-10-38-22)17-19-5-3-9-30-16-19/h3-5,8-10,13-16,21,27H,1-2,6-7,11-12,17-18H2,(H,31,37)/t27-/m1/s1. The lowest BCUT2D eigenvalue weighted by molar-refractivity contribution is 0.172. The zero-order valence-corrected chi connectivity index (χ0v) is 21.9. The monoisotopic (exact) mass is 539 g/mol. The third-order valence-electron chi connectivity index (χ3n) is 7.68. The van der Waals surface area contributed by atoms with E-state index in [4.69, 9.17) is 13.9 Å². The van der Waals surface area contributed by atoms with Gasteiger partial charge in [-0.05, 0) is 59.2 Å². The average molecular weight is 540 g/mol. The first-order valence-electron chi connectivity index (χ1n) is 13.6. The molecule has 0 saturated heterocycles. The van der Waals surface area contributed by atoms with E-state index >= 15 is 0 Å². The van der Waals surface area contributed by atoms with Crippen LogP contribution in [0.25, 0.3) is 10.9 Å². The fraction of sp³-hybridized carbons (Fsp3) is 0.345. The molecule has 11 nitrogen and oxygen atoms in total. The third kappa shape index (κ3) is 4.73. The molecule has 0 spiro atoms. The summed E-state index contributed by atoms with van der Waals surface area (Å²) in [6, 6.07) is 13.0. The number of aromatic amines is 1. The van der Waals surface area contributed by atoms with E-state index in [1.54, 1.807) is 12.5 Å². The van der Waals surface area contributed by atoms with E-state index in [-0.39, 0.29) is 11.6 Å². The number of fused-ring (bicyclic) bond motifs is 2. The summed E-state index contributed by atoms with van der Waals surface area (Å²) in [4.78, 5) is 23.4. The van der Waals surface area contributed by atoms with Crippen LogP contribution >= 0.6 is 0 Å². The first kappa shape index (κ1) is 24.5. The fourth-order valence-electron chi connectivity index (χ4n) is 5.82. The summed E-state index contributed by atoms with van der Waals surface area (Å²) in [5.74, 6) is 2.68. The highest BCUT2D eigenvalue weighted by molar-refractivity contribution is 5.83. The summed E-state index contributed by atoms with van der Waals surface area (Å²) >= 11 is 0. The molecule has 0 unspecified atom stereocenters. The van der Waals surface area contributed by atoms with Gasteiger partial charge in [0.15, 0.2) is 17.3 Å². The van der Waals surface area contributed by atoms with Crippen LogP contribution in [-0.4, -0.2) is 48.3 Å². The molecule has 1 N–H and O–H groups in total. The van der Waals surface area contributed by atoms with Crippen LogP contribution in [0.5, 0.6) is 11.5 Å². The van der Waals surface area contributed by atoms with Gasteiger partial charge in [0.25, 0.3) is 5.56 Å². The van der Waals surface area contributed by atoms with E-state index in [0.29, 0.717) is 54.7 Å². The van der Waals surface area contributed by atoms with E-state index in [1.165, 1.54) is 0 Å². The molecule has 4 aromatic heterocycles. The van der Waals surface area contributed by atoms with Crippen LogP contribution < -0.4 is 15.0 Å².